The van der Waals surface area contributed by atoms with E-state index in [4.69, 9.17) is 0 Å². The molecule has 2 aliphatic rings. The van der Waals surface area contributed by atoms with Crippen molar-refractivity contribution in [3.05, 3.63) is 66.6 Å². The van der Waals surface area contributed by atoms with Crippen LogP contribution in [0.2, 0.25) is 0 Å². The number of pyridine rings is 1. The first kappa shape index (κ1) is 16.9. The van der Waals surface area contributed by atoms with Crippen molar-refractivity contribution in [1.29, 1.82) is 0 Å². The van der Waals surface area contributed by atoms with E-state index in [0.717, 1.165) is 17.2 Å². The number of hydrogen-bond donors (Lipinski definition) is 0. The van der Waals surface area contributed by atoms with E-state index >= 15 is 0 Å². The third kappa shape index (κ3) is 2.33. The van der Waals surface area contributed by atoms with Crippen LogP contribution < -0.4 is 4.90 Å². The summed E-state index contributed by atoms with van der Waals surface area (Å²) < 4.78 is 15.6. The van der Waals surface area contributed by atoms with E-state index in [0.29, 0.717) is 25.2 Å². The van der Waals surface area contributed by atoms with Crippen LogP contribution in [0.25, 0.3) is 5.82 Å². The van der Waals surface area contributed by atoms with E-state index in [-0.39, 0.29) is 12.5 Å². The first-order chi connectivity index (χ1) is 13.7. The minimum atomic E-state index is -0.497. The van der Waals surface area contributed by atoms with Gasteiger partial charge in [0.05, 0.1) is 17.6 Å². The Balaban J connectivity index is 1.58. The lowest BCUT2D eigenvalue weighted by molar-refractivity contribution is 0.0775. The maximum absolute atomic E-state index is 13.6. The Morgan fingerprint density at radius 2 is 2.11 bits per heavy atom. The topological polar surface area (TPSA) is 67.2 Å². The van der Waals surface area contributed by atoms with Gasteiger partial charge in [0.15, 0.2) is 5.82 Å². The number of hydrogen-bond acceptors (Lipinski definition) is 5. The smallest absolute Gasteiger partial charge is 0.274 e. The van der Waals surface area contributed by atoms with Gasteiger partial charge in [-0.15, -0.1) is 0 Å². The van der Waals surface area contributed by atoms with Crippen LogP contribution in [-0.4, -0.2) is 56.6 Å². The molecule has 0 aliphatic carbocycles. The minimum absolute atomic E-state index is 0.153. The van der Waals surface area contributed by atoms with Crippen LogP contribution in [0.15, 0.2) is 55.2 Å². The number of carbonyl (C=O) groups is 1. The lowest BCUT2D eigenvalue weighted by atomic mass is 9.89. The fourth-order valence-corrected chi connectivity index (χ4v) is 4.49. The van der Waals surface area contributed by atoms with Crippen LogP contribution in [0.1, 0.15) is 22.6 Å². The second-order valence-corrected chi connectivity index (χ2v) is 7.05. The number of aromatic nitrogens is 4. The number of alkyl halides is 1. The second-order valence-electron chi connectivity index (χ2n) is 7.05. The molecular weight excluding hydrogens is 359 g/mol. The third-order valence-electron chi connectivity index (χ3n) is 5.65. The summed E-state index contributed by atoms with van der Waals surface area (Å²) in [7, 11) is 0. The van der Waals surface area contributed by atoms with Crippen LogP contribution in [0.4, 0.5) is 10.1 Å². The number of carbonyl (C=O) groups excluding carboxylic acids is 1. The van der Waals surface area contributed by atoms with Crippen molar-refractivity contribution in [3.63, 3.8) is 0 Å². The highest BCUT2D eigenvalue weighted by atomic mass is 19.1. The normalized spacial score (nSPS) is 20.3. The van der Waals surface area contributed by atoms with Gasteiger partial charge in [0.2, 0.25) is 0 Å². The molecule has 3 aromatic heterocycles. The average Bonchev–Trinajstić information content (AvgIpc) is 3.40. The largest absolute Gasteiger partial charge is 0.353 e. The van der Waals surface area contributed by atoms with Crippen molar-refractivity contribution in [3.8, 4) is 5.82 Å². The third-order valence-corrected chi connectivity index (χ3v) is 5.65. The van der Waals surface area contributed by atoms with Gasteiger partial charge in [-0.25, -0.2) is 14.4 Å². The number of rotatable bonds is 3. The molecule has 8 heteroatoms. The van der Waals surface area contributed by atoms with Crippen molar-refractivity contribution in [2.45, 2.75) is 12.0 Å². The summed E-state index contributed by atoms with van der Waals surface area (Å²) in [6.07, 6.45) is 8.97. The molecule has 1 amide bonds. The highest BCUT2D eigenvalue weighted by Gasteiger charge is 2.50. The molecule has 5 heterocycles. The fraction of sp³-hybridized carbons (Fsp3) is 0.300. The minimum Gasteiger partial charge on any atom is -0.353 e. The lowest BCUT2D eigenvalue weighted by Crippen LogP contribution is -2.53. The highest BCUT2D eigenvalue weighted by molar-refractivity contribution is 5.92. The van der Waals surface area contributed by atoms with Crippen LogP contribution in [0.5, 0.6) is 0 Å². The number of fused-ring (bicyclic) bond motifs is 4. The van der Waals surface area contributed by atoms with E-state index in [1.807, 2.05) is 30.5 Å². The molecule has 1 fully saturated rings. The van der Waals surface area contributed by atoms with Gasteiger partial charge in [-0.1, -0.05) is 0 Å². The van der Waals surface area contributed by atoms with Crippen LogP contribution in [0, 0.1) is 0 Å². The van der Waals surface area contributed by atoms with Gasteiger partial charge in [0.1, 0.15) is 17.9 Å². The van der Waals surface area contributed by atoms with Crippen molar-refractivity contribution in [2.75, 3.05) is 31.2 Å². The van der Waals surface area contributed by atoms with Crippen molar-refractivity contribution in [1.82, 2.24) is 24.4 Å². The molecule has 0 bridgehead atoms. The Morgan fingerprint density at radius 3 is 2.93 bits per heavy atom. The summed E-state index contributed by atoms with van der Waals surface area (Å²) in [6, 6.07) is 7.85. The lowest BCUT2D eigenvalue weighted by Gasteiger charge is -2.46. The molecule has 0 radical (unpaired) electrons. The summed E-state index contributed by atoms with van der Waals surface area (Å²) in [5.74, 6) is 0.639. The zero-order valence-electron chi connectivity index (χ0n) is 15.2. The van der Waals surface area contributed by atoms with Crippen molar-refractivity contribution in [2.24, 2.45) is 0 Å². The number of amides is 1. The van der Waals surface area contributed by atoms with Crippen molar-refractivity contribution >= 4 is 11.6 Å². The number of likely N-dealkylation sites (tertiary alicyclic amines) is 1. The zero-order valence-corrected chi connectivity index (χ0v) is 15.2. The molecule has 1 saturated heterocycles. The van der Waals surface area contributed by atoms with Gasteiger partial charge >= 0.3 is 0 Å². The Kier molecular flexibility index (Phi) is 3.85. The Bertz CT molecular complexity index is 1020. The predicted octanol–water partition coefficient (Wildman–Crippen LogP) is 2.19. The van der Waals surface area contributed by atoms with Gasteiger partial charge in [0.25, 0.3) is 5.91 Å². The summed E-state index contributed by atoms with van der Waals surface area (Å²) >= 11 is 0. The average molecular weight is 378 g/mol. The van der Waals surface area contributed by atoms with Gasteiger partial charge in [0, 0.05) is 44.4 Å². The molecule has 0 unspecified atom stereocenters. The molecule has 1 atom stereocenters. The molecule has 2 aliphatic heterocycles. The van der Waals surface area contributed by atoms with E-state index in [1.165, 1.54) is 12.4 Å². The summed E-state index contributed by atoms with van der Waals surface area (Å²) in [4.78, 5) is 29.5. The molecule has 7 nitrogen and oxygen atoms in total. The monoisotopic (exact) mass is 378 g/mol. The van der Waals surface area contributed by atoms with Crippen molar-refractivity contribution < 1.29 is 9.18 Å². The molecule has 28 heavy (non-hydrogen) atoms. The Hall–Kier alpha value is -3.29. The maximum atomic E-state index is 13.6. The molecule has 0 saturated carbocycles. The molecule has 5 rings (SSSR count). The molecule has 0 N–H and O–H groups in total. The van der Waals surface area contributed by atoms with Gasteiger partial charge in [-0.3, -0.25) is 9.78 Å². The summed E-state index contributed by atoms with van der Waals surface area (Å²) in [5.41, 5.74) is 1.74. The predicted molar refractivity (Wildman–Crippen MR) is 101 cm³/mol. The fourth-order valence-electron chi connectivity index (χ4n) is 4.49. The van der Waals surface area contributed by atoms with Crippen LogP contribution >= 0.6 is 0 Å². The van der Waals surface area contributed by atoms with E-state index in [2.05, 4.69) is 24.4 Å². The number of halogens is 1. The van der Waals surface area contributed by atoms with E-state index < -0.39 is 12.2 Å². The summed E-state index contributed by atoms with van der Waals surface area (Å²) in [5, 5.41) is 0. The van der Waals surface area contributed by atoms with Gasteiger partial charge in [-0.2, -0.15) is 0 Å². The highest BCUT2D eigenvalue weighted by Crippen LogP contribution is 2.46. The molecule has 3 aromatic rings. The molecule has 142 valence electrons. The maximum Gasteiger partial charge on any atom is 0.274 e. The van der Waals surface area contributed by atoms with E-state index in [1.54, 1.807) is 17.3 Å². The second kappa shape index (κ2) is 6.40. The summed E-state index contributed by atoms with van der Waals surface area (Å²) in [6.45, 7) is 0.797. The molecular formula is C20H19FN6O. The quantitative estimate of drug-likeness (QED) is 0.699. The van der Waals surface area contributed by atoms with Crippen LogP contribution in [0.3, 0.4) is 0 Å². The number of nitrogens with zero attached hydrogens (tertiary/aromatic N) is 6. The standard InChI is InChI=1S/C20H19FN6O/c21-6-12-27-16-3-1-7-24-18(16)26-10-2-4-17(26)20(27)5-11-25(14-20)19(28)15-13-22-8-9-23-15/h1-4,7-10,13H,5-6,11-12,14H2/t20-/m1/s1. The van der Waals surface area contributed by atoms with Gasteiger partial charge in [-0.05, 0) is 30.7 Å². The van der Waals surface area contributed by atoms with E-state index in [9.17, 15) is 9.18 Å². The number of anilines is 1. The first-order valence-corrected chi connectivity index (χ1v) is 9.27. The SMILES string of the molecule is O=C(c1cnccn1)N1CC[C@@]2(C1)c1cccn1-c1ncccc1N2CCF. The molecule has 1 spiro atoms. The Labute approximate surface area is 161 Å². The Morgan fingerprint density at radius 1 is 1.18 bits per heavy atom. The van der Waals surface area contributed by atoms with Crippen LogP contribution in [-0.2, 0) is 5.54 Å². The first-order valence-electron chi connectivity index (χ1n) is 9.27. The zero-order chi connectivity index (χ0) is 19.1. The molecule has 0 aromatic carbocycles. The van der Waals surface area contributed by atoms with Gasteiger partial charge < -0.3 is 14.4 Å².